The molecule has 1 rings (SSSR count). The van der Waals surface area contributed by atoms with Crippen LogP contribution in [-0.4, -0.2) is 23.6 Å². The summed E-state index contributed by atoms with van der Waals surface area (Å²) >= 11 is 4.85. The average Bonchev–Trinajstić information content (AvgIpc) is 2.25. The molecule has 17 heavy (non-hydrogen) atoms. The van der Waals surface area contributed by atoms with E-state index in [0.717, 1.165) is 19.3 Å². The molecule has 0 radical (unpaired) electrons. The second-order valence-corrected chi connectivity index (χ2v) is 4.74. The van der Waals surface area contributed by atoms with Gasteiger partial charge in [-0.3, -0.25) is 4.79 Å². The summed E-state index contributed by atoms with van der Waals surface area (Å²) in [6.45, 7) is -1.34. The number of amides is 1. The Morgan fingerprint density at radius 1 is 1.29 bits per heavy atom. The zero-order chi connectivity index (χ0) is 13.1. The van der Waals surface area contributed by atoms with Crippen LogP contribution in [0.5, 0.6) is 0 Å². The van der Waals surface area contributed by atoms with Crippen LogP contribution in [0.15, 0.2) is 0 Å². The van der Waals surface area contributed by atoms with Gasteiger partial charge in [0.25, 0.3) is 0 Å². The number of thiocarbonyl (C=S) groups is 1. The van der Waals surface area contributed by atoms with Crippen molar-refractivity contribution in [3.8, 4) is 0 Å². The van der Waals surface area contributed by atoms with Gasteiger partial charge in [0.05, 0.1) is 10.4 Å². The van der Waals surface area contributed by atoms with Gasteiger partial charge in [-0.05, 0) is 12.8 Å². The van der Waals surface area contributed by atoms with Crippen LogP contribution in [-0.2, 0) is 4.79 Å². The number of rotatable bonds is 3. The molecule has 0 spiro atoms. The molecule has 1 saturated carbocycles. The van der Waals surface area contributed by atoms with Crippen molar-refractivity contribution in [2.45, 2.75) is 38.3 Å². The molecular formula is C10H15F3N2OS. The molecule has 0 aliphatic heterocycles. The minimum absolute atomic E-state index is 0.00289. The molecule has 1 aliphatic rings. The Hall–Kier alpha value is -0.850. The second kappa shape index (κ2) is 5.20. The molecule has 0 unspecified atom stereocenters. The molecule has 0 bridgehead atoms. The van der Waals surface area contributed by atoms with E-state index >= 15 is 0 Å². The van der Waals surface area contributed by atoms with Gasteiger partial charge < -0.3 is 11.1 Å². The van der Waals surface area contributed by atoms with E-state index in [9.17, 15) is 18.0 Å². The summed E-state index contributed by atoms with van der Waals surface area (Å²) in [5, 5.41) is 1.88. The molecule has 3 N–H and O–H groups in total. The molecule has 3 nitrogen and oxygen atoms in total. The minimum atomic E-state index is -4.41. The largest absolute Gasteiger partial charge is 0.405 e. The standard InChI is InChI=1S/C10H15F3N2OS/c11-10(12,13)6-15-8(16)9(7(14)17)4-2-1-3-5-9/h1-6H2,(H2,14,17)(H,15,16). The number of carbonyl (C=O) groups excluding carboxylic acids is 1. The van der Waals surface area contributed by atoms with Crippen molar-refractivity contribution in [3.05, 3.63) is 0 Å². The number of hydrogen-bond donors (Lipinski definition) is 2. The summed E-state index contributed by atoms with van der Waals surface area (Å²) < 4.78 is 36.1. The topological polar surface area (TPSA) is 55.1 Å². The predicted molar refractivity (Wildman–Crippen MR) is 61.4 cm³/mol. The van der Waals surface area contributed by atoms with Crippen molar-refractivity contribution in [1.29, 1.82) is 0 Å². The first kappa shape index (κ1) is 14.2. The van der Waals surface area contributed by atoms with Gasteiger partial charge in [-0.25, -0.2) is 0 Å². The maximum atomic E-state index is 12.0. The average molecular weight is 268 g/mol. The molecule has 0 aromatic rings. The molecule has 0 saturated heterocycles. The third-order valence-electron chi connectivity index (χ3n) is 3.06. The SMILES string of the molecule is NC(=S)C1(C(=O)NCC(F)(F)F)CCCCC1. The molecule has 0 heterocycles. The maximum Gasteiger partial charge on any atom is 0.405 e. The van der Waals surface area contributed by atoms with Crippen molar-refractivity contribution < 1.29 is 18.0 Å². The lowest BCUT2D eigenvalue weighted by molar-refractivity contribution is -0.143. The summed E-state index contributed by atoms with van der Waals surface area (Å²) in [4.78, 5) is 11.8. The van der Waals surface area contributed by atoms with Crippen LogP contribution in [0.1, 0.15) is 32.1 Å². The fourth-order valence-corrected chi connectivity index (χ4v) is 2.39. The zero-order valence-electron chi connectivity index (χ0n) is 9.27. The van der Waals surface area contributed by atoms with Gasteiger partial charge in [-0.15, -0.1) is 0 Å². The second-order valence-electron chi connectivity index (χ2n) is 4.30. The Labute approximate surface area is 103 Å². The lowest BCUT2D eigenvalue weighted by Crippen LogP contribution is -2.51. The maximum absolute atomic E-state index is 12.0. The van der Waals surface area contributed by atoms with Crippen molar-refractivity contribution in [2.24, 2.45) is 11.1 Å². The number of hydrogen-bond acceptors (Lipinski definition) is 2. The first-order valence-electron chi connectivity index (χ1n) is 5.43. The predicted octanol–water partition coefficient (Wildman–Crippen LogP) is 1.90. The third-order valence-corrected chi connectivity index (χ3v) is 3.45. The van der Waals surface area contributed by atoms with Crippen LogP contribution in [0.4, 0.5) is 13.2 Å². The van der Waals surface area contributed by atoms with Gasteiger partial charge >= 0.3 is 6.18 Å². The summed E-state index contributed by atoms with van der Waals surface area (Å²) in [5.74, 6) is -0.693. The summed E-state index contributed by atoms with van der Waals surface area (Å²) in [7, 11) is 0. The van der Waals surface area contributed by atoms with Crippen molar-refractivity contribution in [3.63, 3.8) is 0 Å². The van der Waals surface area contributed by atoms with Crippen LogP contribution in [0.25, 0.3) is 0 Å². The molecule has 0 aromatic heterocycles. The molecule has 0 atom stereocenters. The molecule has 98 valence electrons. The smallest absolute Gasteiger partial charge is 0.392 e. The number of carbonyl (C=O) groups is 1. The normalized spacial score (nSPS) is 19.7. The highest BCUT2D eigenvalue weighted by atomic mass is 32.1. The highest BCUT2D eigenvalue weighted by Crippen LogP contribution is 2.37. The number of nitrogens with one attached hydrogen (secondary N) is 1. The molecule has 7 heteroatoms. The van der Waals surface area contributed by atoms with E-state index in [1.54, 1.807) is 0 Å². The van der Waals surface area contributed by atoms with E-state index in [-0.39, 0.29) is 4.99 Å². The van der Waals surface area contributed by atoms with Gasteiger partial charge in [0.1, 0.15) is 6.54 Å². The van der Waals surface area contributed by atoms with Crippen molar-refractivity contribution in [1.82, 2.24) is 5.32 Å². The lowest BCUT2D eigenvalue weighted by Gasteiger charge is -2.34. The molecule has 1 amide bonds. The Morgan fingerprint density at radius 3 is 2.24 bits per heavy atom. The van der Waals surface area contributed by atoms with E-state index in [4.69, 9.17) is 18.0 Å². The molecule has 1 fully saturated rings. The van der Waals surface area contributed by atoms with Crippen LogP contribution in [0, 0.1) is 5.41 Å². The van der Waals surface area contributed by atoms with Gasteiger partial charge in [-0.1, -0.05) is 31.5 Å². The Kier molecular flexibility index (Phi) is 4.35. The number of alkyl halides is 3. The van der Waals surface area contributed by atoms with E-state index in [0.29, 0.717) is 12.8 Å². The Bertz CT molecular complexity index is 311. The first-order chi connectivity index (χ1) is 7.78. The quantitative estimate of drug-likeness (QED) is 0.769. The highest BCUT2D eigenvalue weighted by Gasteiger charge is 2.43. The number of halogens is 3. The zero-order valence-corrected chi connectivity index (χ0v) is 10.1. The summed E-state index contributed by atoms with van der Waals surface area (Å²) in [6.07, 6.45) is -1.07. The van der Waals surface area contributed by atoms with Crippen LogP contribution in [0.2, 0.25) is 0 Å². The fraction of sp³-hybridized carbons (Fsp3) is 0.800. The highest BCUT2D eigenvalue weighted by molar-refractivity contribution is 7.80. The molecular weight excluding hydrogens is 253 g/mol. The number of nitrogens with two attached hydrogens (primary N) is 1. The molecule has 0 aromatic carbocycles. The first-order valence-corrected chi connectivity index (χ1v) is 5.84. The lowest BCUT2D eigenvalue weighted by atomic mass is 9.73. The van der Waals surface area contributed by atoms with Crippen molar-refractivity contribution in [2.75, 3.05) is 6.54 Å². The van der Waals surface area contributed by atoms with Crippen LogP contribution >= 0.6 is 12.2 Å². The summed E-state index contributed by atoms with van der Waals surface area (Å²) in [6, 6.07) is 0. The van der Waals surface area contributed by atoms with E-state index in [2.05, 4.69) is 0 Å². The Balaban J connectivity index is 2.71. The molecule has 1 aliphatic carbocycles. The third kappa shape index (κ3) is 3.55. The van der Waals surface area contributed by atoms with E-state index in [1.807, 2.05) is 5.32 Å². The summed E-state index contributed by atoms with van der Waals surface area (Å²) in [5.41, 5.74) is 4.45. The minimum Gasteiger partial charge on any atom is -0.392 e. The van der Waals surface area contributed by atoms with Gasteiger partial charge in [0, 0.05) is 0 Å². The van der Waals surface area contributed by atoms with Gasteiger partial charge in [0.2, 0.25) is 5.91 Å². The van der Waals surface area contributed by atoms with Crippen LogP contribution in [0.3, 0.4) is 0 Å². The Morgan fingerprint density at radius 2 is 1.82 bits per heavy atom. The van der Waals surface area contributed by atoms with Gasteiger partial charge in [0.15, 0.2) is 0 Å². The van der Waals surface area contributed by atoms with E-state index in [1.165, 1.54) is 0 Å². The van der Waals surface area contributed by atoms with Crippen molar-refractivity contribution >= 4 is 23.1 Å². The monoisotopic (exact) mass is 268 g/mol. The fourth-order valence-electron chi connectivity index (χ4n) is 2.09. The van der Waals surface area contributed by atoms with E-state index < -0.39 is 24.0 Å². The van der Waals surface area contributed by atoms with Gasteiger partial charge in [-0.2, -0.15) is 13.2 Å². The van der Waals surface area contributed by atoms with Crippen LogP contribution < -0.4 is 11.1 Å².